The van der Waals surface area contributed by atoms with Gasteiger partial charge in [-0.1, -0.05) is 59.8 Å². The van der Waals surface area contributed by atoms with Crippen LogP contribution in [0.3, 0.4) is 0 Å². The van der Waals surface area contributed by atoms with Gasteiger partial charge in [0.1, 0.15) is 29.2 Å². The molecule has 6 nitrogen and oxygen atoms in total. The Morgan fingerprint density at radius 1 is 0.853 bits per heavy atom. The predicted octanol–water partition coefficient (Wildman–Crippen LogP) is 5.58. The predicted molar refractivity (Wildman–Crippen MR) is 130 cm³/mol. The Morgan fingerprint density at radius 2 is 1.47 bits per heavy atom. The second-order valence-electron chi connectivity index (χ2n) is 9.57. The van der Waals surface area contributed by atoms with E-state index in [0.717, 1.165) is 45.8 Å². The standard InChI is InChI=1S/C28H30N3O3/c1-28(22-14-7-9-16-24(22)33-25-17-10-8-15-23(25)28)27-29-26(30-34-27)20-31(2,3)18-11-19-32-21-12-5-4-6-13-21/h4-10,12-17H,11,18-20H2,1-3H3/q+1. The maximum atomic E-state index is 6.16. The number of quaternary nitrogens is 1. The molecule has 0 spiro atoms. The van der Waals surface area contributed by atoms with E-state index in [-0.39, 0.29) is 0 Å². The molecule has 0 saturated carbocycles. The molecule has 2 heterocycles. The Balaban J connectivity index is 1.32. The van der Waals surface area contributed by atoms with E-state index < -0.39 is 5.41 Å². The first-order valence-electron chi connectivity index (χ1n) is 11.7. The van der Waals surface area contributed by atoms with E-state index in [2.05, 4.69) is 38.3 Å². The zero-order chi connectivity index (χ0) is 23.6. The summed E-state index contributed by atoms with van der Waals surface area (Å²) in [4.78, 5) is 4.88. The van der Waals surface area contributed by atoms with E-state index in [1.165, 1.54) is 0 Å². The number of para-hydroxylation sites is 3. The number of rotatable bonds is 8. The van der Waals surface area contributed by atoms with Crippen molar-refractivity contribution in [1.82, 2.24) is 10.1 Å². The third kappa shape index (κ3) is 4.29. The van der Waals surface area contributed by atoms with Crippen molar-refractivity contribution in [3.8, 4) is 17.2 Å². The van der Waals surface area contributed by atoms with Crippen LogP contribution < -0.4 is 9.47 Å². The van der Waals surface area contributed by atoms with Gasteiger partial charge in [0.25, 0.3) is 0 Å². The van der Waals surface area contributed by atoms with Crippen molar-refractivity contribution in [2.24, 2.45) is 0 Å². The first-order chi connectivity index (χ1) is 16.5. The molecule has 0 amide bonds. The molecule has 5 rings (SSSR count). The molecule has 174 valence electrons. The number of benzene rings is 3. The summed E-state index contributed by atoms with van der Waals surface area (Å²) in [5.74, 6) is 3.82. The summed E-state index contributed by atoms with van der Waals surface area (Å²) in [6.45, 7) is 4.42. The van der Waals surface area contributed by atoms with Crippen molar-refractivity contribution in [2.45, 2.75) is 25.3 Å². The van der Waals surface area contributed by atoms with E-state index in [1.807, 2.05) is 66.7 Å². The van der Waals surface area contributed by atoms with Crippen molar-refractivity contribution in [1.29, 1.82) is 0 Å². The smallest absolute Gasteiger partial charge is 0.241 e. The summed E-state index contributed by atoms with van der Waals surface area (Å²) in [7, 11) is 4.36. The maximum Gasteiger partial charge on any atom is 0.241 e. The molecule has 0 bridgehead atoms. The number of hydrogen-bond donors (Lipinski definition) is 0. The van der Waals surface area contributed by atoms with E-state index in [9.17, 15) is 0 Å². The Morgan fingerprint density at radius 3 is 2.15 bits per heavy atom. The van der Waals surface area contributed by atoms with Crippen molar-refractivity contribution >= 4 is 0 Å². The quantitative estimate of drug-likeness (QED) is 0.256. The van der Waals surface area contributed by atoms with Gasteiger partial charge < -0.3 is 18.5 Å². The normalized spacial score (nSPS) is 14.1. The molecule has 3 aromatic carbocycles. The van der Waals surface area contributed by atoms with Crippen LogP contribution in [0, 0.1) is 0 Å². The highest BCUT2D eigenvalue weighted by atomic mass is 16.5. The Kier molecular flexibility index (Phi) is 5.84. The van der Waals surface area contributed by atoms with Gasteiger partial charge in [-0.3, -0.25) is 0 Å². The fourth-order valence-electron chi connectivity index (χ4n) is 4.61. The van der Waals surface area contributed by atoms with Gasteiger partial charge in [-0.15, -0.1) is 0 Å². The summed E-state index contributed by atoms with van der Waals surface area (Å²) >= 11 is 0. The molecule has 1 aromatic heterocycles. The second kappa shape index (κ2) is 8.95. The van der Waals surface area contributed by atoms with Crippen LogP contribution in [0.25, 0.3) is 0 Å². The summed E-state index contributed by atoms with van der Waals surface area (Å²) < 4.78 is 18.6. The molecule has 0 aliphatic carbocycles. The summed E-state index contributed by atoms with van der Waals surface area (Å²) in [5, 5.41) is 4.37. The minimum absolute atomic E-state index is 0.582. The average Bonchev–Trinajstić information content (AvgIpc) is 3.31. The number of hydrogen-bond acceptors (Lipinski definition) is 5. The van der Waals surface area contributed by atoms with Gasteiger partial charge in [0.2, 0.25) is 11.7 Å². The molecule has 34 heavy (non-hydrogen) atoms. The highest BCUT2D eigenvalue weighted by Gasteiger charge is 2.44. The van der Waals surface area contributed by atoms with Crippen LogP contribution in [-0.2, 0) is 12.0 Å². The van der Waals surface area contributed by atoms with Crippen LogP contribution >= 0.6 is 0 Å². The fourth-order valence-corrected chi connectivity index (χ4v) is 4.61. The third-order valence-corrected chi connectivity index (χ3v) is 6.46. The minimum Gasteiger partial charge on any atom is -0.493 e. The van der Waals surface area contributed by atoms with Gasteiger partial charge >= 0.3 is 0 Å². The summed E-state index contributed by atoms with van der Waals surface area (Å²) in [5.41, 5.74) is 1.46. The van der Waals surface area contributed by atoms with Gasteiger partial charge in [-0.05, 0) is 31.2 Å². The lowest BCUT2D eigenvalue weighted by molar-refractivity contribution is -0.904. The summed E-state index contributed by atoms with van der Waals surface area (Å²) in [6.07, 6.45) is 0.933. The minimum atomic E-state index is -0.586. The van der Waals surface area contributed by atoms with Crippen LogP contribution in [0.4, 0.5) is 0 Å². The number of fused-ring (bicyclic) bond motifs is 2. The first-order valence-corrected chi connectivity index (χ1v) is 11.7. The Hall–Kier alpha value is -3.64. The van der Waals surface area contributed by atoms with Crippen LogP contribution in [0.5, 0.6) is 17.2 Å². The van der Waals surface area contributed by atoms with Crippen LogP contribution in [0.15, 0.2) is 83.4 Å². The second-order valence-corrected chi connectivity index (χ2v) is 9.57. The van der Waals surface area contributed by atoms with E-state index >= 15 is 0 Å². The highest BCUT2D eigenvalue weighted by molar-refractivity contribution is 5.60. The van der Waals surface area contributed by atoms with Gasteiger partial charge in [-0.2, -0.15) is 4.98 Å². The SMILES string of the molecule is CC1(c2nc(C[N+](C)(C)CCCOc3ccccc3)no2)c2ccccc2Oc2ccccc21. The van der Waals surface area contributed by atoms with Gasteiger partial charge in [-0.25, -0.2) is 0 Å². The van der Waals surface area contributed by atoms with Gasteiger partial charge in [0.05, 0.1) is 27.2 Å². The number of aromatic nitrogens is 2. The lowest BCUT2D eigenvalue weighted by Gasteiger charge is -2.34. The molecule has 0 atom stereocenters. The average molecular weight is 457 g/mol. The molecular weight excluding hydrogens is 426 g/mol. The molecule has 0 saturated heterocycles. The molecule has 4 aromatic rings. The van der Waals surface area contributed by atoms with Crippen LogP contribution in [0.2, 0.25) is 0 Å². The van der Waals surface area contributed by atoms with E-state index in [4.69, 9.17) is 19.0 Å². The highest BCUT2D eigenvalue weighted by Crippen LogP contribution is 2.50. The third-order valence-electron chi connectivity index (χ3n) is 6.46. The molecule has 6 heteroatoms. The lowest BCUT2D eigenvalue weighted by atomic mass is 9.74. The zero-order valence-corrected chi connectivity index (χ0v) is 19.9. The molecule has 0 fully saturated rings. The van der Waals surface area contributed by atoms with Crippen molar-refractivity contribution in [2.75, 3.05) is 27.2 Å². The monoisotopic (exact) mass is 456 g/mol. The largest absolute Gasteiger partial charge is 0.493 e. The van der Waals surface area contributed by atoms with Crippen molar-refractivity contribution < 1.29 is 18.5 Å². The molecule has 0 radical (unpaired) electrons. The van der Waals surface area contributed by atoms with Gasteiger partial charge in [0.15, 0.2) is 0 Å². The molecule has 0 unspecified atom stereocenters. The first kappa shape index (κ1) is 22.2. The lowest BCUT2D eigenvalue weighted by Crippen LogP contribution is -2.40. The molecule has 1 aliphatic heterocycles. The van der Waals surface area contributed by atoms with E-state index in [1.54, 1.807) is 0 Å². The zero-order valence-electron chi connectivity index (χ0n) is 19.9. The Labute approximate surface area is 200 Å². The number of nitrogens with zero attached hydrogens (tertiary/aromatic N) is 3. The van der Waals surface area contributed by atoms with Gasteiger partial charge in [0, 0.05) is 17.5 Å². The fraction of sp³-hybridized carbons (Fsp3) is 0.286. The van der Waals surface area contributed by atoms with Crippen molar-refractivity contribution in [3.63, 3.8) is 0 Å². The van der Waals surface area contributed by atoms with Crippen LogP contribution in [0.1, 0.15) is 36.2 Å². The topological polar surface area (TPSA) is 57.4 Å². The van der Waals surface area contributed by atoms with Crippen LogP contribution in [-0.4, -0.2) is 41.9 Å². The molecular formula is C28H30N3O3+. The number of ether oxygens (including phenoxy) is 2. The maximum absolute atomic E-state index is 6.16. The van der Waals surface area contributed by atoms with Crippen molar-refractivity contribution in [3.05, 3.63) is 102 Å². The molecule has 1 aliphatic rings. The Bertz CT molecular complexity index is 1220. The van der Waals surface area contributed by atoms with E-state index in [0.29, 0.717) is 24.9 Å². The molecule has 0 N–H and O–H groups in total. The summed E-state index contributed by atoms with van der Waals surface area (Å²) in [6, 6.07) is 26.0.